The van der Waals surface area contributed by atoms with Crippen LogP contribution in [0.25, 0.3) is 11.3 Å². The normalized spacial score (nSPS) is 10.2. The van der Waals surface area contributed by atoms with Gasteiger partial charge in [0.05, 0.1) is 0 Å². The lowest BCUT2D eigenvalue weighted by Crippen LogP contribution is -2.19. The fourth-order valence-electron chi connectivity index (χ4n) is 1.92. The largest absolute Gasteiger partial charge is 0.484 e. The van der Waals surface area contributed by atoms with Crippen molar-refractivity contribution >= 4 is 11.8 Å². The first-order valence-corrected chi connectivity index (χ1v) is 6.81. The highest BCUT2D eigenvalue weighted by Crippen LogP contribution is 2.21. The Morgan fingerprint density at radius 1 is 1.05 bits per heavy atom. The number of anilines is 1. The van der Waals surface area contributed by atoms with E-state index in [-0.39, 0.29) is 12.5 Å². The number of ether oxygens (including phenoxy) is 1. The van der Waals surface area contributed by atoms with Crippen molar-refractivity contribution in [2.24, 2.45) is 0 Å². The summed E-state index contributed by atoms with van der Waals surface area (Å²) < 4.78 is 10.5. The van der Waals surface area contributed by atoms with Gasteiger partial charge < -0.3 is 9.26 Å². The van der Waals surface area contributed by atoms with E-state index in [9.17, 15) is 4.79 Å². The van der Waals surface area contributed by atoms with E-state index in [0.717, 1.165) is 5.56 Å². The van der Waals surface area contributed by atoms with E-state index >= 15 is 0 Å². The number of nitrogens with one attached hydrogen (secondary N) is 1. The molecule has 1 N–H and O–H groups in total. The fourth-order valence-corrected chi connectivity index (χ4v) is 1.92. The molecule has 2 aromatic carbocycles. The Hall–Kier alpha value is -3.08. The Morgan fingerprint density at radius 2 is 1.73 bits per heavy atom. The van der Waals surface area contributed by atoms with Crippen molar-refractivity contribution in [2.45, 2.75) is 0 Å². The molecule has 1 heterocycles. The zero-order chi connectivity index (χ0) is 15.2. The van der Waals surface area contributed by atoms with Gasteiger partial charge in [-0.3, -0.25) is 10.1 Å². The summed E-state index contributed by atoms with van der Waals surface area (Å²) in [7, 11) is 0. The first-order valence-electron chi connectivity index (χ1n) is 6.81. The highest BCUT2D eigenvalue weighted by atomic mass is 16.5. The quantitative estimate of drug-likeness (QED) is 0.783. The number of carbonyl (C=O) groups excluding carboxylic acids is 1. The summed E-state index contributed by atoms with van der Waals surface area (Å²) in [6.45, 7) is -0.0919. The minimum Gasteiger partial charge on any atom is -0.484 e. The molecule has 22 heavy (non-hydrogen) atoms. The standard InChI is InChI=1S/C17H14N2O3/c20-16(12-21-14-9-5-2-6-10-14)18-17-11-15(19-22-17)13-7-3-1-4-8-13/h1-11H,12H2,(H,18,20). The number of aromatic nitrogens is 1. The van der Waals surface area contributed by atoms with Gasteiger partial charge in [0.25, 0.3) is 5.91 Å². The highest BCUT2D eigenvalue weighted by Gasteiger charge is 2.10. The molecule has 0 unspecified atom stereocenters. The Kier molecular flexibility index (Phi) is 4.15. The summed E-state index contributed by atoms with van der Waals surface area (Å²) in [5.41, 5.74) is 1.59. The Bertz CT molecular complexity index is 739. The van der Waals surface area contributed by atoms with Gasteiger partial charge in [0.2, 0.25) is 5.88 Å². The molecule has 0 bridgehead atoms. The number of amides is 1. The molecule has 0 radical (unpaired) electrons. The van der Waals surface area contributed by atoms with Crippen molar-refractivity contribution < 1.29 is 14.1 Å². The van der Waals surface area contributed by atoms with Crippen LogP contribution in [0, 0.1) is 0 Å². The molecule has 3 rings (SSSR count). The van der Waals surface area contributed by atoms with E-state index < -0.39 is 0 Å². The summed E-state index contributed by atoms with van der Waals surface area (Å²) in [5.74, 6) is 0.625. The van der Waals surface area contributed by atoms with Crippen molar-refractivity contribution in [3.05, 3.63) is 66.7 Å². The van der Waals surface area contributed by atoms with Crippen LogP contribution in [0.15, 0.2) is 71.3 Å². The van der Waals surface area contributed by atoms with Gasteiger partial charge in [0.15, 0.2) is 6.61 Å². The number of nitrogens with zero attached hydrogens (tertiary/aromatic N) is 1. The maximum atomic E-state index is 11.8. The number of rotatable bonds is 5. The van der Waals surface area contributed by atoms with Crippen LogP contribution < -0.4 is 10.1 Å². The second kappa shape index (κ2) is 6.58. The SMILES string of the molecule is O=C(COc1ccccc1)Nc1cc(-c2ccccc2)no1. The summed E-state index contributed by atoms with van der Waals surface area (Å²) in [6, 6.07) is 20.4. The van der Waals surface area contributed by atoms with E-state index in [0.29, 0.717) is 17.3 Å². The van der Waals surface area contributed by atoms with Gasteiger partial charge in [0.1, 0.15) is 11.4 Å². The number of hydrogen-bond acceptors (Lipinski definition) is 4. The first kappa shape index (κ1) is 13.9. The summed E-state index contributed by atoms with van der Waals surface area (Å²) in [6.07, 6.45) is 0. The van der Waals surface area contributed by atoms with Crippen LogP contribution in [0.3, 0.4) is 0 Å². The molecule has 5 heteroatoms. The van der Waals surface area contributed by atoms with Crippen LogP contribution in [0.2, 0.25) is 0 Å². The van der Waals surface area contributed by atoms with Crippen molar-refractivity contribution in [1.82, 2.24) is 5.16 Å². The molecule has 1 aromatic heterocycles. The Labute approximate surface area is 127 Å². The van der Waals surface area contributed by atoms with Crippen LogP contribution in [-0.2, 0) is 4.79 Å². The second-order valence-electron chi connectivity index (χ2n) is 4.59. The molecule has 0 saturated heterocycles. The third kappa shape index (κ3) is 3.52. The highest BCUT2D eigenvalue weighted by molar-refractivity contribution is 5.91. The van der Waals surface area contributed by atoms with Gasteiger partial charge in [-0.25, -0.2) is 0 Å². The predicted octanol–water partition coefficient (Wildman–Crippen LogP) is 3.36. The zero-order valence-electron chi connectivity index (χ0n) is 11.7. The van der Waals surface area contributed by atoms with Gasteiger partial charge in [-0.1, -0.05) is 53.7 Å². The average molecular weight is 294 g/mol. The molecule has 0 aliphatic heterocycles. The molecule has 3 aromatic rings. The molecule has 1 amide bonds. The second-order valence-corrected chi connectivity index (χ2v) is 4.59. The van der Waals surface area contributed by atoms with Gasteiger partial charge in [-0.15, -0.1) is 0 Å². The van der Waals surface area contributed by atoms with Gasteiger partial charge >= 0.3 is 0 Å². The van der Waals surface area contributed by atoms with Crippen LogP contribution in [0.5, 0.6) is 5.75 Å². The van der Waals surface area contributed by atoms with E-state index in [4.69, 9.17) is 9.26 Å². The number of benzene rings is 2. The molecule has 0 fully saturated rings. The minimum atomic E-state index is -0.306. The molecule has 0 saturated carbocycles. The predicted molar refractivity (Wildman–Crippen MR) is 82.5 cm³/mol. The fraction of sp³-hybridized carbons (Fsp3) is 0.0588. The summed E-state index contributed by atoms with van der Waals surface area (Å²) in [5, 5.41) is 6.54. The summed E-state index contributed by atoms with van der Waals surface area (Å²) in [4.78, 5) is 11.8. The molecule has 5 nitrogen and oxygen atoms in total. The van der Waals surface area contributed by atoms with Crippen molar-refractivity contribution in [3.8, 4) is 17.0 Å². The summed E-state index contributed by atoms with van der Waals surface area (Å²) >= 11 is 0. The van der Waals surface area contributed by atoms with E-state index in [2.05, 4.69) is 10.5 Å². The van der Waals surface area contributed by atoms with Crippen molar-refractivity contribution in [1.29, 1.82) is 0 Å². The maximum absolute atomic E-state index is 11.8. The number of para-hydroxylation sites is 1. The van der Waals surface area contributed by atoms with Crippen LogP contribution >= 0.6 is 0 Å². The molecule has 0 aliphatic carbocycles. The maximum Gasteiger partial charge on any atom is 0.264 e. The third-order valence-corrected chi connectivity index (χ3v) is 2.96. The van der Waals surface area contributed by atoms with E-state index in [1.807, 2.05) is 48.5 Å². The Morgan fingerprint density at radius 3 is 2.45 bits per heavy atom. The lowest BCUT2D eigenvalue weighted by Gasteiger charge is -2.04. The van der Waals surface area contributed by atoms with Crippen molar-refractivity contribution in [2.75, 3.05) is 11.9 Å². The van der Waals surface area contributed by atoms with Gasteiger partial charge in [-0.2, -0.15) is 0 Å². The number of hydrogen-bond donors (Lipinski definition) is 1. The smallest absolute Gasteiger partial charge is 0.264 e. The topological polar surface area (TPSA) is 64.4 Å². The lowest BCUT2D eigenvalue weighted by atomic mass is 10.2. The van der Waals surface area contributed by atoms with Gasteiger partial charge in [0, 0.05) is 11.6 Å². The van der Waals surface area contributed by atoms with E-state index in [1.54, 1.807) is 18.2 Å². The average Bonchev–Trinajstić information content (AvgIpc) is 3.03. The minimum absolute atomic E-state index is 0.0919. The molecule has 0 spiro atoms. The van der Waals surface area contributed by atoms with Crippen LogP contribution in [0.4, 0.5) is 5.88 Å². The molecular formula is C17H14N2O3. The molecule has 0 aliphatic rings. The van der Waals surface area contributed by atoms with Gasteiger partial charge in [-0.05, 0) is 12.1 Å². The Balaban J connectivity index is 1.57. The monoisotopic (exact) mass is 294 g/mol. The molecular weight excluding hydrogens is 280 g/mol. The zero-order valence-corrected chi connectivity index (χ0v) is 11.7. The molecule has 110 valence electrons. The number of carbonyl (C=O) groups is 1. The van der Waals surface area contributed by atoms with Crippen LogP contribution in [0.1, 0.15) is 0 Å². The lowest BCUT2D eigenvalue weighted by molar-refractivity contribution is -0.118. The van der Waals surface area contributed by atoms with E-state index in [1.165, 1.54) is 0 Å². The van der Waals surface area contributed by atoms with Crippen LogP contribution in [-0.4, -0.2) is 17.7 Å². The molecule has 0 atom stereocenters. The first-order chi connectivity index (χ1) is 10.8. The third-order valence-electron chi connectivity index (χ3n) is 2.96. The van der Waals surface area contributed by atoms with Crippen molar-refractivity contribution in [3.63, 3.8) is 0 Å².